The summed E-state index contributed by atoms with van der Waals surface area (Å²) in [5.74, 6) is -1.24. The predicted octanol–water partition coefficient (Wildman–Crippen LogP) is -1.09. The van der Waals surface area contributed by atoms with Crippen molar-refractivity contribution in [2.24, 2.45) is 0 Å². The second-order valence-electron chi connectivity index (χ2n) is 1.52. The summed E-state index contributed by atoms with van der Waals surface area (Å²) in [5.41, 5.74) is 1.29. The van der Waals surface area contributed by atoms with Gasteiger partial charge in [0.15, 0.2) is 0 Å². The van der Waals surface area contributed by atoms with Crippen LogP contribution in [-0.4, -0.2) is 28.8 Å². The SMILES string of the molecule is O=C(O)[C@H](CCO)N[O-]. The molecule has 0 bridgehead atoms. The molecule has 54 valence electrons. The topological polar surface area (TPSA) is 92.6 Å². The third-order valence-electron chi connectivity index (χ3n) is 0.858. The zero-order valence-corrected chi connectivity index (χ0v) is 4.70. The van der Waals surface area contributed by atoms with Gasteiger partial charge in [0.1, 0.15) is 0 Å². The van der Waals surface area contributed by atoms with Crippen LogP contribution in [0.3, 0.4) is 0 Å². The number of carbonyl (C=O) groups is 1. The lowest BCUT2D eigenvalue weighted by molar-refractivity contribution is -0.139. The molecular weight excluding hydrogens is 126 g/mol. The Kier molecular flexibility index (Phi) is 3.94. The fourth-order valence-corrected chi connectivity index (χ4v) is 0.362. The van der Waals surface area contributed by atoms with Gasteiger partial charge in [-0.2, -0.15) is 0 Å². The number of nitrogens with one attached hydrogen (secondary N) is 1. The molecule has 0 aliphatic heterocycles. The van der Waals surface area contributed by atoms with E-state index in [4.69, 9.17) is 10.2 Å². The standard InChI is InChI=1S/C4H8NO4/c6-2-1-3(5-9)4(7)8/h3,5-6H,1-2H2,(H,7,8)/q-1/t3-/m0/s1. The third-order valence-corrected chi connectivity index (χ3v) is 0.858. The lowest BCUT2D eigenvalue weighted by atomic mass is 10.2. The molecule has 3 N–H and O–H groups in total. The van der Waals surface area contributed by atoms with Crippen molar-refractivity contribution in [2.45, 2.75) is 12.5 Å². The van der Waals surface area contributed by atoms with Crippen molar-refractivity contribution in [1.29, 1.82) is 0 Å². The number of carboxylic acid groups (broad SMARTS) is 1. The van der Waals surface area contributed by atoms with Gasteiger partial charge in [0.05, 0.1) is 6.04 Å². The first-order chi connectivity index (χ1) is 4.22. The minimum Gasteiger partial charge on any atom is -0.787 e. The van der Waals surface area contributed by atoms with Crippen molar-refractivity contribution in [3.05, 3.63) is 5.21 Å². The summed E-state index contributed by atoms with van der Waals surface area (Å²) in [6.07, 6.45) is -0.0567. The average molecular weight is 134 g/mol. The van der Waals surface area contributed by atoms with Gasteiger partial charge < -0.3 is 20.9 Å². The second-order valence-corrected chi connectivity index (χ2v) is 1.52. The molecule has 0 saturated carbocycles. The van der Waals surface area contributed by atoms with E-state index in [2.05, 4.69) is 0 Å². The maximum Gasteiger partial charge on any atom is 0.319 e. The molecule has 1 atom stereocenters. The Bertz CT molecular complexity index is 94.6. The van der Waals surface area contributed by atoms with E-state index < -0.39 is 12.0 Å². The van der Waals surface area contributed by atoms with Gasteiger partial charge in [0.25, 0.3) is 0 Å². The molecule has 5 heteroatoms. The number of hydroxylamine groups is 1. The van der Waals surface area contributed by atoms with Crippen LogP contribution < -0.4 is 5.48 Å². The van der Waals surface area contributed by atoms with E-state index in [0.29, 0.717) is 0 Å². The van der Waals surface area contributed by atoms with Crippen LogP contribution >= 0.6 is 0 Å². The van der Waals surface area contributed by atoms with Crippen molar-refractivity contribution >= 4 is 5.97 Å². The first-order valence-corrected chi connectivity index (χ1v) is 2.43. The highest BCUT2D eigenvalue weighted by molar-refractivity contribution is 5.73. The normalized spacial score (nSPS) is 13.1. The molecule has 5 nitrogen and oxygen atoms in total. The Morgan fingerprint density at radius 1 is 1.78 bits per heavy atom. The van der Waals surface area contributed by atoms with Crippen molar-refractivity contribution in [3.8, 4) is 0 Å². The van der Waals surface area contributed by atoms with Crippen molar-refractivity contribution in [3.63, 3.8) is 0 Å². The molecule has 0 saturated heterocycles. The van der Waals surface area contributed by atoms with Gasteiger partial charge in [-0.05, 0) is 6.42 Å². The van der Waals surface area contributed by atoms with Crippen molar-refractivity contribution in [2.75, 3.05) is 6.61 Å². The highest BCUT2D eigenvalue weighted by atomic mass is 16.5. The van der Waals surface area contributed by atoms with E-state index in [1.54, 1.807) is 0 Å². The van der Waals surface area contributed by atoms with Crippen LogP contribution in [0.5, 0.6) is 0 Å². The highest BCUT2D eigenvalue weighted by Gasteiger charge is 2.10. The van der Waals surface area contributed by atoms with Crippen LogP contribution in [0.25, 0.3) is 0 Å². The number of rotatable bonds is 4. The largest absolute Gasteiger partial charge is 0.787 e. The molecule has 0 heterocycles. The number of hydrogen-bond acceptors (Lipinski definition) is 4. The molecule has 0 rings (SSSR count). The van der Waals surface area contributed by atoms with Gasteiger partial charge in [-0.1, -0.05) is 0 Å². The van der Waals surface area contributed by atoms with Crippen LogP contribution in [0.15, 0.2) is 0 Å². The minimum absolute atomic E-state index is 0.0567. The van der Waals surface area contributed by atoms with Gasteiger partial charge in [-0.3, -0.25) is 4.79 Å². The molecule has 0 aromatic carbocycles. The fraction of sp³-hybridized carbons (Fsp3) is 0.750. The van der Waals surface area contributed by atoms with E-state index in [-0.39, 0.29) is 13.0 Å². The third kappa shape index (κ3) is 3.02. The molecule has 0 aliphatic rings. The Balaban J connectivity index is 3.54. The van der Waals surface area contributed by atoms with Crippen molar-refractivity contribution in [1.82, 2.24) is 5.48 Å². The summed E-state index contributed by atoms with van der Waals surface area (Å²) in [4.78, 5) is 9.95. The maximum absolute atomic E-state index is 9.95. The first kappa shape index (κ1) is 8.35. The Morgan fingerprint density at radius 3 is 2.44 bits per heavy atom. The number of aliphatic hydroxyl groups excluding tert-OH is 1. The van der Waals surface area contributed by atoms with E-state index in [1.807, 2.05) is 0 Å². The van der Waals surface area contributed by atoms with E-state index in [9.17, 15) is 10.0 Å². The van der Waals surface area contributed by atoms with E-state index >= 15 is 0 Å². The second kappa shape index (κ2) is 4.25. The quantitative estimate of drug-likeness (QED) is 0.425. The summed E-state index contributed by atoms with van der Waals surface area (Å²) in [5, 5.41) is 26.0. The zero-order valence-electron chi connectivity index (χ0n) is 4.70. The van der Waals surface area contributed by atoms with Crippen LogP contribution in [0.2, 0.25) is 0 Å². The average Bonchev–Trinajstić information content (AvgIpc) is 1.82. The minimum atomic E-state index is -1.24. The molecule has 0 aromatic rings. The summed E-state index contributed by atoms with van der Waals surface area (Å²) < 4.78 is 0. The molecule has 0 fully saturated rings. The molecule has 9 heavy (non-hydrogen) atoms. The molecule has 0 spiro atoms. The van der Waals surface area contributed by atoms with Crippen LogP contribution in [-0.2, 0) is 4.79 Å². The molecule has 0 unspecified atom stereocenters. The Hall–Kier alpha value is -0.650. The fourth-order valence-electron chi connectivity index (χ4n) is 0.362. The Labute approximate surface area is 51.9 Å². The predicted molar refractivity (Wildman–Crippen MR) is 29.6 cm³/mol. The molecule has 0 aromatic heterocycles. The van der Waals surface area contributed by atoms with E-state index in [0.717, 1.165) is 0 Å². The van der Waals surface area contributed by atoms with E-state index in [1.165, 1.54) is 5.48 Å². The number of carboxylic acids is 1. The van der Waals surface area contributed by atoms with Gasteiger partial charge >= 0.3 is 5.97 Å². The van der Waals surface area contributed by atoms with Crippen LogP contribution in [0.4, 0.5) is 0 Å². The molecule has 0 radical (unpaired) electrons. The van der Waals surface area contributed by atoms with Gasteiger partial charge in [-0.15, -0.1) is 0 Å². The molecular formula is C4H8NO4-. The van der Waals surface area contributed by atoms with Crippen molar-refractivity contribution < 1.29 is 15.0 Å². The maximum atomic E-state index is 9.95. The Morgan fingerprint density at radius 2 is 2.33 bits per heavy atom. The highest BCUT2D eigenvalue weighted by Crippen LogP contribution is 1.88. The number of hydrogen-bond donors (Lipinski definition) is 3. The summed E-state index contributed by atoms with van der Waals surface area (Å²) in [7, 11) is 0. The van der Waals surface area contributed by atoms with Gasteiger partial charge in [-0.25, -0.2) is 0 Å². The van der Waals surface area contributed by atoms with Gasteiger partial charge in [0, 0.05) is 6.61 Å². The molecule has 0 aliphatic carbocycles. The first-order valence-electron chi connectivity index (χ1n) is 2.43. The van der Waals surface area contributed by atoms with Crippen LogP contribution in [0.1, 0.15) is 6.42 Å². The molecule has 0 amide bonds. The monoisotopic (exact) mass is 134 g/mol. The summed E-state index contributed by atoms with van der Waals surface area (Å²) >= 11 is 0. The lowest BCUT2D eigenvalue weighted by Crippen LogP contribution is -2.33. The lowest BCUT2D eigenvalue weighted by Gasteiger charge is -2.15. The number of aliphatic carboxylic acids is 1. The number of aliphatic hydroxyl groups is 1. The van der Waals surface area contributed by atoms with Gasteiger partial charge in [0.2, 0.25) is 0 Å². The smallest absolute Gasteiger partial charge is 0.319 e. The summed E-state index contributed by atoms with van der Waals surface area (Å²) in [6.45, 7) is -0.299. The zero-order chi connectivity index (χ0) is 7.28. The van der Waals surface area contributed by atoms with Crippen LogP contribution in [0, 0.1) is 5.21 Å². The summed E-state index contributed by atoms with van der Waals surface area (Å²) in [6, 6.07) is -1.17.